The Balaban J connectivity index is 5.69. The van der Waals surface area contributed by atoms with Crippen molar-refractivity contribution in [2.75, 3.05) is 0 Å². The average Bonchev–Trinajstić information content (AvgIpc) is 2.12. The van der Waals surface area contributed by atoms with Crippen LogP contribution in [0.25, 0.3) is 0 Å². The van der Waals surface area contributed by atoms with Crippen molar-refractivity contribution in [2.24, 2.45) is 0 Å². The molecule has 0 aliphatic heterocycles. The summed E-state index contributed by atoms with van der Waals surface area (Å²) in [6.07, 6.45) is -20.1. The first kappa shape index (κ1) is 18.3. The van der Waals surface area contributed by atoms with Gasteiger partial charge in [0.25, 0.3) is 0 Å². The van der Waals surface area contributed by atoms with Gasteiger partial charge in [-0.3, -0.25) is 4.74 Å². The van der Waals surface area contributed by atoms with Crippen LogP contribution in [0.3, 0.4) is 0 Å². The van der Waals surface area contributed by atoms with E-state index in [1.54, 1.807) is 0 Å². The molecule has 0 spiro atoms. The third-order valence-corrected chi connectivity index (χ3v) is 2.09. The maximum atomic E-state index is 13.2. The topological polar surface area (TPSA) is 9.23 Å². The molecule has 0 saturated heterocycles. The van der Waals surface area contributed by atoms with E-state index in [0.717, 1.165) is 0 Å². The zero-order valence-electron chi connectivity index (χ0n) is 9.34. The van der Waals surface area contributed by atoms with E-state index >= 15 is 0 Å². The van der Waals surface area contributed by atoms with Gasteiger partial charge in [-0.2, -0.15) is 35.1 Å². The lowest BCUT2D eigenvalue weighted by molar-refractivity contribution is -0.452. The summed E-state index contributed by atoms with van der Waals surface area (Å²) in [5, 5.41) is 0. The molecular formula is C8H8F10O. The summed E-state index contributed by atoms with van der Waals surface area (Å²) in [6, 6.07) is 0. The minimum atomic E-state index is -6.33. The molecule has 0 heterocycles. The van der Waals surface area contributed by atoms with Crippen LogP contribution in [0.1, 0.15) is 13.8 Å². The molecule has 0 fully saturated rings. The predicted octanol–water partition coefficient (Wildman–Crippen LogP) is 4.18. The minimum Gasteiger partial charge on any atom is -0.289 e. The number of rotatable bonds is 4. The van der Waals surface area contributed by atoms with Gasteiger partial charge >= 0.3 is 24.1 Å². The third kappa shape index (κ3) is 3.23. The largest absolute Gasteiger partial charge is 0.451 e. The maximum Gasteiger partial charge on any atom is 0.451 e. The van der Waals surface area contributed by atoms with Gasteiger partial charge in [0.15, 0.2) is 12.3 Å². The van der Waals surface area contributed by atoms with Crippen molar-refractivity contribution in [2.45, 2.75) is 50.3 Å². The lowest BCUT2D eigenvalue weighted by Gasteiger charge is -2.37. The molecule has 4 atom stereocenters. The molecule has 0 rings (SSSR count). The van der Waals surface area contributed by atoms with Crippen LogP contribution >= 0.6 is 0 Å². The molecule has 0 radical (unpaired) electrons. The van der Waals surface area contributed by atoms with Crippen LogP contribution in [-0.2, 0) is 4.74 Å². The zero-order valence-corrected chi connectivity index (χ0v) is 9.34. The monoisotopic (exact) mass is 310 g/mol. The zero-order chi connectivity index (χ0) is 15.9. The summed E-state index contributed by atoms with van der Waals surface area (Å²) in [7, 11) is 0. The molecule has 0 N–H and O–H groups in total. The number of hydrogen-bond donors (Lipinski definition) is 0. The Kier molecular flexibility index (Phi) is 4.79. The Labute approximate surface area is 100 Å². The Bertz CT molecular complexity index is 278. The van der Waals surface area contributed by atoms with Crippen molar-refractivity contribution in [3.8, 4) is 0 Å². The Morgan fingerprint density at radius 1 is 0.632 bits per heavy atom. The van der Waals surface area contributed by atoms with Crippen molar-refractivity contribution < 1.29 is 48.6 Å². The van der Waals surface area contributed by atoms with E-state index in [4.69, 9.17) is 0 Å². The standard InChI is InChI=1S/C8H8F10O/c1-3(9)5(11,7(13,14)15)19-6(12,4(2)10)8(16,17)18/h3-4H,1-2H3. The first-order valence-corrected chi connectivity index (χ1v) is 4.59. The van der Waals surface area contributed by atoms with E-state index in [1.165, 1.54) is 0 Å². The van der Waals surface area contributed by atoms with Gasteiger partial charge in [0.1, 0.15) is 0 Å². The summed E-state index contributed by atoms with van der Waals surface area (Å²) >= 11 is 0. The first-order chi connectivity index (χ1) is 8.09. The maximum absolute atomic E-state index is 13.2. The highest BCUT2D eigenvalue weighted by Crippen LogP contribution is 2.48. The van der Waals surface area contributed by atoms with E-state index in [-0.39, 0.29) is 13.8 Å². The minimum absolute atomic E-state index is 0.146. The summed E-state index contributed by atoms with van der Waals surface area (Å²) in [4.78, 5) is 0. The summed E-state index contributed by atoms with van der Waals surface area (Å²) in [5.41, 5.74) is 0. The van der Waals surface area contributed by atoms with Gasteiger partial charge in [-0.05, 0) is 13.8 Å². The van der Waals surface area contributed by atoms with Crippen molar-refractivity contribution in [3.05, 3.63) is 0 Å². The van der Waals surface area contributed by atoms with Crippen LogP contribution in [0.15, 0.2) is 0 Å². The van der Waals surface area contributed by atoms with Gasteiger partial charge in [-0.1, -0.05) is 0 Å². The second kappa shape index (κ2) is 4.98. The molecule has 0 bridgehead atoms. The van der Waals surface area contributed by atoms with Gasteiger partial charge in [0, 0.05) is 0 Å². The molecule has 0 aliphatic carbocycles. The van der Waals surface area contributed by atoms with Crippen LogP contribution < -0.4 is 0 Å². The van der Waals surface area contributed by atoms with Gasteiger partial charge in [0.05, 0.1) is 0 Å². The molecular weight excluding hydrogens is 302 g/mol. The highest BCUT2D eigenvalue weighted by atomic mass is 19.4. The van der Waals surface area contributed by atoms with Crippen LogP contribution in [0.2, 0.25) is 0 Å². The summed E-state index contributed by atoms with van der Waals surface area (Å²) < 4.78 is 127. The Morgan fingerprint density at radius 2 is 0.842 bits per heavy atom. The molecule has 0 aromatic heterocycles. The Hall–Kier alpha value is -0.740. The second-order valence-corrected chi connectivity index (χ2v) is 3.62. The lowest BCUT2D eigenvalue weighted by Crippen LogP contribution is -2.61. The van der Waals surface area contributed by atoms with Crippen molar-refractivity contribution >= 4 is 0 Å². The van der Waals surface area contributed by atoms with Gasteiger partial charge in [-0.25, -0.2) is 8.78 Å². The molecule has 0 aromatic rings. The fourth-order valence-corrected chi connectivity index (χ4v) is 0.945. The van der Waals surface area contributed by atoms with Gasteiger partial charge in [0.2, 0.25) is 0 Å². The average molecular weight is 310 g/mol. The number of hydrogen-bond acceptors (Lipinski definition) is 1. The third-order valence-electron chi connectivity index (χ3n) is 2.09. The molecule has 0 aliphatic rings. The van der Waals surface area contributed by atoms with Crippen LogP contribution in [-0.4, -0.2) is 36.4 Å². The molecule has 19 heavy (non-hydrogen) atoms. The number of ether oxygens (including phenoxy) is 1. The smallest absolute Gasteiger partial charge is 0.289 e. The second-order valence-electron chi connectivity index (χ2n) is 3.62. The number of halogens is 10. The highest BCUT2D eigenvalue weighted by Gasteiger charge is 2.72. The molecule has 11 heteroatoms. The molecule has 4 unspecified atom stereocenters. The molecule has 0 saturated carbocycles. The van der Waals surface area contributed by atoms with Gasteiger partial charge in [-0.15, -0.1) is 0 Å². The fraction of sp³-hybridized carbons (Fsp3) is 1.00. The molecule has 1 nitrogen and oxygen atoms in total. The lowest BCUT2D eigenvalue weighted by atomic mass is 10.1. The number of alkyl halides is 10. The van der Waals surface area contributed by atoms with Crippen molar-refractivity contribution in [1.82, 2.24) is 0 Å². The van der Waals surface area contributed by atoms with Crippen LogP contribution in [0.4, 0.5) is 43.9 Å². The van der Waals surface area contributed by atoms with E-state index in [2.05, 4.69) is 4.74 Å². The summed E-state index contributed by atoms with van der Waals surface area (Å²) in [5.74, 6) is -11.3. The molecule has 0 amide bonds. The van der Waals surface area contributed by atoms with Crippen LogP contribution in [0.5, 0.6) is 0 Å². The Morgan fingerprint density at radius 3 is 0.947 bits per heavy atom. The van der Waals surface area contributed by atoms with E-state index in [0.29, 0.717) is 0 Å². The highest BCUT2D eigenvalue weighted by molar-refractivity contribution is 4.92. The van der Waals surface area contributed by atoms with E-state index < -0.39 is 36.4 Å². The summed E-state index contributed by atoms with van der Waals surface area (Å²) in [6.45, 7) is -0.291. The van der Waals surface area contributed by atoms with Crippen molar-refractivity contribution in [1.29, 1.82) is 0 Å². The van der Waals surface area contributed by atoms with Crippen LogP contribution in [0, 0.1) is 0 Å². The fourth-order valence-electron chi connectivity index (χ4n) is 0.945. The molecule has 0 aromatic carbocycles. The normalized spacial score (nSPS) is 23.4. The SMILES string of the molecule is CC(F)C(F)(OC(F)(C(C)F)C(F)(F)F)C(F)(F)F. The van der Waals surface area contributed by atoms with Crippen molar-refractivity contribution in [3.63, 3.8) is 0 Å². The van der Waals surface area contributed by atoms with Gasteiger partial charge < -0.3 is 0 Å². The predicted molar refractivity (Wildman–Crippen MR) is 42.0 cm³/mol. The molecule has 116 valence electrons. The van der Waals surface area contributed by atoms with E-state index in [1.807, 2.05) is 0 Å². The first-order valence-electron chi connectivity index (χ1n) is 4.59. The quantitative estimate of drug-likeness (QED) is 0.708. The van der Waals surface area contributed by atoms with E-state index in [9.17, 15) is 43.9 Å².